The van der Waals surface area contributed by atoms with Gasteiger partial charge in [-0.2, -0.15) is 0 Å². The Hall–Kier alpha value is -2.57. The quantitative estimate of drug-likeness (QED) is 0.808. The van der Waals surface area contributed by atoms with Gasteiger partial charge in [-0.05, 0) is 44.0 Å². The predicted molar refractivity (Wildman–Crippen MR) is 107 cm³/mol. The number of hydrogen-bond acceptors (Lipinski definition) is 5. The Morgan fingerprint density at radius 3 is 2.86 bits per heavy atom. The summed E-state index contributed by atoms with van der Waals surface area (Å²) in [6.07, 6.45) is 3.16. The molecule has 0 spiro atoms. The Bertz CT molecular complexity index is 1000. The topological polar surface area (TPSA) is 80.4 Å². The average molecular weight is 399 g/mol. The third-order valence-electron chi connectivity index (χ3n) is 5.10. The van der Waals surface area contributed by atoms with Crippen molar-refractivity contribution in [3.63, 3.8) is 0 Å². The van der Waals surface area contributed by atoms with Gasteiger partial charge in [0.05, 0.1) is 0 Å². The third kappa shape index (κ3) is 3.57. The van der Waals surface area contributed by atoms with Crippen LogP contribution < -0.4 is 11.1 Å². The van der Waals surface area contributed by atoms with Crippen LogP contribution in [0.1, 0.15) is 43.5 Å². The highest BCUT2D eigenvalue weighted by molar-refractivity contribution is 6.31. The second-order valence-electron chi connectivity index (χ2n) is 7.53. The van der Waals surface area contributed by atoms with Crippen LogP contribution in [0.15, 0.2) is 58.9 Å². The number of carbonyl (C=O) groups is 1. The first-order valence-corrected chi connectivity index (χ1v) is 9.48. The number of amidine groups is 1. The maximum absolute atomic E-state index is 13.6. The second kappa shape index (κ2) is 7.11. The number of halogens is 2. The molecule has 144 valence electrons. The minimum atomic E-state index is -0.636. The van der Waals surface area contributed by atoms with Crippen LogP contribution in [-0.2, 0) is 4.79 Å². The summed E-state index contributed by atoms with van der Waals surface area (Å²) in [7, 11) is 0. The standard InChI is InChI=1S/C21H20ClFN4O/c1-21(24)8-7-15-18(17(28)11-21)19(13-6-5-12(23)10-14(13)22)27-20(26-15)16-4-2-3-9-25-16/h2-6,9-10,19H,7-8,11,24H2,1H3,(H,26,27). The van der Waals surface area contributed by atoms with Crippen LogP contribution in [0.2, 0.25) is 5.02 Å². The summed E-state index contributed by atoms with van der Waals surface area (Å²) in [5, 5.41) is 3.52. The number of nitrogens with one attached hydrogen (secondary N) is 1. The van der Waals surface area contributed by atoms with E-state index in [9.17, 15) is 9.18 Å². The summed E-state index contributed by atoms with van der Waals surface area (Å²) < 4.78 is 13.6. The number of allylic oxidation sites excluding steroid dienone is 1. The van der Waals surface area contributed by atoms with Crippen molar-refractivity contribution < 1.29 is 9.18 Å². The Morgan fingerprint density at radius 1 is 1.32 bits per heavy atom. The van der Waals surface area contributed by atoms with Crippen LogP contribution in [0.25, 0.3) is 0 Å². The minimum absolute atomic E-state index is 0.0702. The summed E-state index contributed by atoms with van der Waals surface area (Å²) in [4.78, 5) is 22.2. The zero-order chi connectivity index (χ0) is 19.9. The van der Waals surface area contributed by atoms with Gasteiger partial charge in [0, 0.05) is 40.0 Å². The zero-order valence-corrected chi connectivity index (χ0v) is 16.1. The van der Waals surface area contributed by atoms with E-state index < -0.39 is 17.4 Å². The van der Waals surface area contributed by atoms with E-state index in [1.54, 1.807) is 12.3 Å². The molecule has 0 saturated carbocycles. The summed E-state index contributed by atoms with van der Waals surface area (Å²) in [6.45, 7) is 1.88. The Labute approximate surface area is 167 Å². The minimum Gasteiger partial charge on any atom is -0.342 e. The number of Topliss-reactive ketones (excluding diaryl/α,β-unsaturated/α-hetero) is 1. The van der Waals surface area contributed by atoms with E-state index >= 15 is 0 Å². The molecule has 28 heavy (non-hydrogen) atoms. The average Bonchev–Trinajstić information content (AvgIpc) is 2.77. The number of carbonyl (C=O) groups excluding carboxylic acids is 1. The Kier molecular flexibility index (Phi) is 4.77. The molecule has 2 aliphatic rings. The van der Waals surface area contributed by atoms with Gasteiger partial charge in [0.1, 0.15) is 17.6 Å². The van der Waals surface area contributed by atoms with Crippen molar-refractivity contribution in [2.45, 2.75) is 37.8 Å². The lowest BCUT2D eigenvalue weighted by Crippen LogP contribution is -2.37. The molecule has 2 heterocycles. The lowest BCUT2D eigenvalue weighted by atomic mass is 9.89. The molecule has 4 rings (SSSR count). The number of aliphatic imine (C=N–C) groups is 1. The molecule has 2 atom stereocenters. The van der Waals surface area contributed by atoms with Crippen molar-refractivity contribution in [2.75, 3.05) is 0 Å². The van der Waals surface area contributed by atoms with Crippen LogP contribution in [0, 0.1) is 5.82 Å². The maximum atomic E-state index is 13.6. The molecule has 0 saturated heterocycles. The van der Waals surface area contributed by atoms with Crippen molar-refractivity contribution >= 4 is 23.2 Å². The third-order valence-corrected chi connectivity index (χ3v) is 5.43. The number of ketones is 1. The van der Waals surface area contributed by atoms with Gasteiger partial charge < -0.3 is 11.1 Å². The lowest BCUT2D eigenvalue weighted by molar-refractivity contribution is -0.116. The fraction of sp³-hybridized carbons (Fsp3) is 0.286. The van der Waals surface area contributed by atoms with Gasteiger partial charge in [-0.25, -0.2) is 4.39 Å². The van der Waals surface area contributed by atoms with E-state index in [0.29, 0.717) is 35.5 Å². The number of benzene rings is 1. The number of nitrogens with zero attached hydrogens (tertiary/aromatic N) is 2. The number of nitrogens with two attached hydrogens (primary N) is 1. The first-order valence-electron chi connectivity index (χ1n) is 9.10. The SMILES string of the molecule is CC1(N)CCC2=C(C(=O)C1)C(c1ccc(F)cc1Cl)N=C(c1ccccn1)N2. The molecule has 2 unspecified atom stereocenters. The van der Waals surface area contributed by atoms with E-state index in [-0.39, 0.29) is 17.2 Å². The number of rotatable bonds is 2. The van der Waals surface area contributed by atoms with Gasteiger partial charge in [-0.1, -0.05) is 23.7 Å². The van der Waals surface area contributed by atoms with Crippen LogP contribution >= 0.6 is 11.6 Å². The molecule has 2 aromatic rings. The van der Waals surface area contributed by atoms with Crippen molar-refractivity contribution in [2.24, 2.45) is 10.7 Å². The first-order chi connectivity index (χ1) is 13.3. The normalized spacial score (nSPS) is 24.9. The molecule has 0 radical (unpaired) electrons. The van der Waals surface area contributed by atoms with Gasteiger partial charge in [0.15, 0.2) is 11.6 Å². The van der Waals surface area contributed by atoms with Gasteiger partial charge >= 0.3 is 0 Å². The largest absolute Gasteiger partial charge is 0.342 e. The van der Waals surface area contributed by atoms with E-state index in [1.807, 2.05) is 25.1 Å². The number of pyridine rings is 1. The van der Waals surface area contributed by atoms with E-state index in [1.165, 1.54) is 12.1 Å². The van der Waals surface area contributed by atoms with Gasteiger partial charge in [0.25, 0.3) is 0 Å². The van der Waals surface area contributed by atoms with Crippen LogP contribution in [0.5, 0.6) is 0 Å². The second-order valence-corrected chi connectivity index (χ2v) is 7.94. The fourth-order valence-corrected chi connectivity index (χ4v) is 3.93. The van der Waals surface area contributed by atoms with Crippen LogP contribution in [-0.4, -0.2) is 22.1 Å². The molecule has 1 aromatic heterocycles. The van der Waals surface area contributed by atoms with E-state index in [4.69, 9.17) is 22.3 Å². The molecule has 3 N–H and O–H groups in total. The van der Waals surface area contributed by atoms with Crippen LogP contribution in [0.4, 0.5) is 4.39 Å². The van der Waals surface area contributed by atoms with Crippen molar-refractivity contribution in [3.8, 4) is 0 Å². The summed E-state index contributed by atoms with van der Waals surface area (Å²) in [5.41, 5.74) is 8.26. The summed E-state index contributed by atoms with van der Waals surface area (Å²) in [6, 6.07) is 9.04. The zero-order valence-electron chi connectivity index (χ0n) is 15.4. The number of aromatic nitrogens is 1. The van der Waals surface area contributed by atoms with Gasteiger partial charge in [-0.15, -0.1) is 0 Å². The monoisotopic (exact) mass is 398 g/mol. The molecule has 1 aromatic carbocycles. The Balaban J connectivity index is 1.86. The lowest BCUT2D eigenvalue weighted by Gasteiger charge is -2.27. The Morgan fingerprint density at radius 2 is 2.14 bits per heavy atom. The molecular formula is C21H20ClFN4O. The highest BCUT2D eigenvalue weighted by atomic mass is 35.5. The molecular weight excluding hydrogens is 379 g/mol. The smallest absolute Gasteiger partial charge is 0.164 e. The van der Waals surface area contributed by atoms with Crippen molar-refractivity contribution in [1.82, 2.24) is 10.3 Å². The number of hydrogen-bond donors (Lipinski definition) is 2. The molecule has 0 fully saturated rings. The van der Waals surface area contributed by atoms with Gasteiger partial charge in [0.2, 0.25) is 0 Å². The van der Waals surface area contributed by atoms with E-state index in [2.05, 4.69) is 10.3 Å². The summed E-state index contributed by atoms with van der Waals surface area (Å²) >= 11 is 6.33. The maximum Gasteiger partial charge on any atom is 0.164 e. The molecule has 7 heteroatoms. The van der Waals surface area contributed by atoms with Crippen molar-refractivity contribution in [1.29, 1.82) is 0 Å². The first kappa shape index (κ1) is 18.8. The molecule has 0 amide bonds. The molecule has 0 bridgehead atoms. The molecule has 5 nitrogen and oxygen atoms in total. The highest BCUT2D eigenvalue weighted by Crippen LogP contribution is 2.40. The summed E-state index contributed by atoms with van der Waals surface area (Å²) in [5.74, 6) is 0.0462. The fourth-order valence-electron chi connectivity index (χ4n) is 3.66. The van der Waals surface area contributed by atoms with Crippen molar-refractivity contribution in [3.05, 3.63) is 76.0 Å². The highest BCUT2D eigenvalue weighted by Gasteiger charge is 2.37. The molecule has 1 aliphatic carbocycles. The molecule has 1 aliphatic heterocycles. The predicted octanol–water partition coefficient (Wildman–Crippen LogP) is 3.69. The van der Waals surface area contributed by atoms with E-state index in [0.717, 1.165) is 5.70 Å². The van der Waals surface area contributed by atoms with Gasteiger partial charge in [-0.3, -0.25) is 14.8 Å². The van der Waals surface area contributed by atoms with Crippen LogP contribution in [0.3, 0.4) is 0 Å².